The van der Waals surface area contributed by atoms with Crippen LogP contribution in [0.3, 0.4) is 0 Å². The minimum absolute atomic E-state index is 1.00. The summed E-state index contributed by atoms with van der Waals surface area (Å²) in [7, 11) is 0. The average Bonchev–Trinajstić information content (AvgIpc) is 2.74. The maximum atomic E-state index is 4.56. The fraction of sp³-hybridized carbons (Fsp3) is 0. The molecule has 2 heterocycles. The van der Waals surface area contributed by atoms with Gasteiger partial charge in [0.05, 0.1) is 11.5 Å². The highest BCUT2D eigenvalue weighted by atomic mass is 32.1. The number of nitrogens with zero attached hydrogens (tertiary/aromatic N) is 2. The molecule has 1 aromatic carbocycles. The molecule has 0 saturated carbocycles. The van der Waals surface area contributed by atoms with Gasteiger partial charge in [0.2, 0.25) is 0 Å². The van der Waals surface area contributed by atoms with Crippen molar-refractivity contribution in [2.24, 2.45) is 0 Å². The molecule has 0 aliphatic heterocycles. The van der Waals surface area contributed by atoms with Crippen molar-refractivity contribution in [1.82, 2.24) is 4.98 Å². The molecule has 15 heavy (non-hydrogen) atoms. The molecular formula is C12H9N2S+. The lowest BCUT2D eigenvalue weighted by Crippen LogP contribution is -2.12. The molecule has 3 aromatic rings. The van der Waals surface area contributed by atoms with Crippen molar-refractivity contribution >= 4 is 17.2 Å². The molecule has 0 atom stereocenters. The molecule has 0 aliphatic rings. The van der Waals surface area contributed by atoms with Crippen molar-refractivity contribution in [3.8, 4) is 10.6 Å². The second-order valence-corrected chi connectivity index (χ2v) is 4.22. The van der Waals surface area contributed by atoms with Crippen molar-refractivity contribution < 1.29 is 3.79 Å². The topological polar surface area (TPSA) is 17.0 Å². The number of pyridine rings is 1. The molecule has 0 radical (unpaired) electrons. The summed E-state index contributed by atoms with van der Waals surface area (Å²) in [5.74, 6) is 0. The van der Waals surface area contributed by atoms with E-state index in [1.54, 1.807) is 11.5 Å². The first-order chi connectivity index (χ1) is 7.43. The fourth-order valence-corrected chi connectivity index (χ4v) is 2.39. The first kappa shape index (κ1) is 8.56. The van der Waals surface area contributed by atoms with E-state index < -0.39 is 0 Å². The molecule has 0 saturated heterocycles. The van der Waals surface area contributed by atoms with Gasteiger partial charge in [-0.2, -0.15) is 0 Å². The Morgan fingerprint density at radius 2 is 1.73 bits per heavy atom. The van der Waals surface area contributed by atoms with Crippen molar-refractivity contribution in [1.29, 1.82) is 0 Å². The fourth-order valence-electron chi connectivity index (χ4n) is 1.50. The predicted molar refractivity (Wildman–Crippen MR) is 60.7 cm³/mol. The van der Waals surface area contributed by atoms with Gasteiger partial charge in [-0.15, -0.1) is 3.79 Å². The van der Waals surface area contributed by atoms with Crippen molar-refractivity contribution in [2.75, 3.05) is 0 Å². The van der Waals surface area contributed by atoms with Crippen LogP contribution in [-0.2, 0) is 0 Å². The Bertz CT molecular complexity index is 554. The minimum Gasteiger partial charge on any atom is -0.140 e. The SMILES string of the molecule is c1ccc(-c2nc3cccc[n+]3s2)cc1. The van der Waals surface area contributed by atoms with Gasteiger partial charge in [-0.1, -0.05) is 24.3 Å². The van der Waals surface area contributed by atoms with Gasteiger partial charge in [0.15, 0.2) is 0 Å². The molecular weight excluding hydrogens is 204 g/mol. The van der Waals surface area contributed by atoms with E-state index in [1.165, 1.54) is 5.56 Å². The molecule has 3 heteroatoms. The van der Waals surface area contributed by atoms with Crippen LogP contribution in [0.1, 0.15) is 0 Å². The lowest BCUT2D eigenvalue weighted by molar-refractivity contribution is -0.433. The highest BCUT2D eigenvalue weighted by molar-refractivity contribution is 7.05. The minimum atomic E-state index is 1.00. The largest absolute Gasteiger partial charge is 0.340 e. The third-order valence-electron chi connectivity index (χ3n) is 2.23. The molecule has 0 bridgehead atoms. The number of hydrogen-bond acceptors (Lipinski definition) is 2. The van der Waals surface area contributed by atoms with Gasteiger partial charge in [-0.3, -0.25) is 0 Å². The van der Waals surface area contributed by atoms with Gasteiger partial charge in [-0.25, -0.2) is 0 Å². The van der Waals surface area contributed by atoms with Gasteiger partial charge >= 0.3 is 5.65 Å². The molecule has 3 rings (SSSR count). The lowest BCUT2D eigenvalue weighted by Gasteiger charge is -1.86. The smallest absolute Gasteiger partial charge is 0.140 e. The van der Waals surface area contributed by atoms with Crippen LogP contribution in [0.25, 0.3) is 16.2 Å². The number of hydrogen-bond donors (Lipinski definition) is 0. The van der Waals surface area contributed by atoms with Gasteiger partial charge < -0.3 is 0 Å². The summed E-state index contributed by atoms with van der Waals surface area (Å²) >= 11 is 1.66. The molecule has 0 amide bonds. The van der Waals surface area contributed by atoms with Crippen molar-refractivity contribution in [3.63, 3.8) is 0 Å². The zero-order valence-electron chi connectivity index (χ0n) is 8.00. The summed E-state index contributed by atoms with van der Waals surface area (Å²) < 4.78 is 2.07. The van der Waals surface area contributed by atoms with E-state index in [-0.39, 0.29) is 0 Å². The molecule has 0 N–H and O–H groups in total. The zero-order valence-corrected chi connectivity index (χ0v) is 8.82. The Morgan fingerprint density at radius 3 is 2.53 bits per heavy atom. The van der Waals surface area contributed by atoms with Crippen LogP contribution >= 0.6 is 11.5 Å². The maximum Gasteiger partial charge on any atom is 0.340 e. The molecule has 0 unspecified atom stereocenters. The van der Waals surface area contributed by atoms with Gasteiger partial charge in [-0.05, 0) is 23.2 Å². The average molecular weight is 213 g/mol. The van der Waals surface area contributed by atoms with Crippen LogP contribution in [0.4, 0.5) is 0 Å². The number of benzene rings is 1. The van der Waals surface area contributed by atoms with Crippen LogP contribution in [0.5, 0.6) is 0 Å². The van der Waals surface area contributed by atoms with Crippen LogP contribution in [0.15, 0.2) is 54.7 Å². The van der Waals surface area contributed by atoms with Crippen molar-refractivity contribution in [2.45, 2.75) is 0 Å². The molecule has 72 valence electrons. The summed E-state index contributed by atoms with van der Waals surface area (Å²) in [5.41, 5.74) is 2.17. The molecule has 2 nitrogen and oxygen atoms in total. The monoisotopic (exact) mass is 213 g/mol. The Balaban J connectivity index is 2.21. The Kier molecular flexibility index (Phi) is 1.96. The standard InChI is InChI=1S/C12H9N2S/c1-2-6-10(7-3-1)12-13-11-8-4-5-9-14(11)15-12/h1-9H/q+1. The summed E-state index contributed by atoms with van der Waals surface area (Å²) in [6.07, 6.45) is 2.03. The van der Waals surface area contributed by atoms with E-state index in [4.69, 9.17) is 0 Å². The summed E-state index contributed by atoms with van der Waals surface area (Å²) in [5, 5.41) is 1.06. The highest BCUT2D eigenvalue weighted by Crippen LogP contribution is 2.19. The normalized spacial score (nSPS) is 10.7. The second kappa shape index (κ2) is 3.44. The quantitative estimate of drug-likeness (QED) is 0.568. The summed E-state index contributed by atoms with van der Waals surface area (Å²) in [4.78, 5) is 4.56. The maximum absolute atomic E-state index is 4.56. The van der Waals surface area contributed by atoms with E-state index in [0.717, 1.165) is 10.7 Å². The van der Waals surface area contributed by atoms with Gasteiger partial charge in [0.25, 0.3) is 5.01 Å². The number of rotatable bonds is 1. The first-order valence-electron chi connectivity index (χ1n) is 4.77. The van der Waals surface area contributed by atoms with Crippen LogP contribution in [0, 0.1) is 0 Å². The van der Waals surface area contributed by atoms with E-state index in [2.05, 4.69) is 20.9 Å². The molecule has 0 spiro atoms. The van der Waals surface area contributed by atoms with Gasteiger partial charge in [0, 0.05) is 11.6 Å². The third-order valence-corrected chi connectivity index (χ3v) is 3.23. The van der Waals surface area contributed by atoms with Crippen LogP contribution in [-0.4, -0.2) is 4.98 Å². The summed E-state index contributed by atoms with van der Waals surface area (Å²) in [6.45, 7) is 0. The van der Waals surface area contributed by atoms with Crippen molar-refractivity contribution in [3.05, 3.63) is 54.7 Å². The lowest BCUT2D eigenvalue weighted by atomic mass is 10.2. The molecule has 0 aliphatic carbocycles. The molecule has 0 fully saturated rings. The Labute approximate surface area is 91.6 Å². The Morgan fingerprint density at radius 1 is 0.933 bits per heavy atom. The Hall–Kier alpha value is -1.74. The number of fused-ring (bicyclic) bond motifs is 1. The van der Waals surface area contributed by atoms with Gasteiger partial charge in [0.1, 0.15) is 6.20 Å². The van der Waals surface area contributed by atoms with E-state index in [1.807, 2.05) is 42.6 Å². The van der Waals surface area contributed by atoms with E-state index in [9.17, 15) is 0 Å². The zero-order chi connectivity index (χ0) is 10.1. The van der Waals surface area contributed by atoms with Crippen LogP contribution in [0.2, 0.25) is 0 Å². The molecule has 2 aromatic heterocycles. The van der Waals surface area contributed by atoms with E-state index >= 15 is 0 Å². The summed E-state index contributed by atoms with van der Waals surface area (Å²) in [6, 6.07) is 16.3. The number of aromatic nitrogens is 2. The van der Waals surface area contributed by atoms with E-state index in [0.29, 0.717) is 0 Å². The first-order valence-corrected chi connectivity index (χ1v) is 5.54. The third kappa shape index (κ3) is 1.51. The highest BCUT2D eigenvalue weighted by Gasteiger charge is 2.13. The van der Waals surface area contributed by atoms with Crippen LogP contribution < -0.4 is 3.79 Å². The predicted octanol–water partition coefficient (Wildman–Crippen LogP) is 2.55. The second-order valence-electron chi connectivity index (χ2n) is 3.26.